The van der Waals surface area contributed by atoms with Gasteiger partial charge in [0.2, 0.25) is 0 Å². The summed E-state index contributed by atoms with van der Waals surface area (Å²) in [5, 5.41) is 0.386. The van der Waals surface area contributed by atoms with Crippen molar-refractivity contribution in [2.75, 3.05) is 19.9 Å². The first-order valence-corrected chi connectivity index (χ1v) is 12.4. The molecule has 1 aliphatic carbocycles. The Morgan fingerprint density at radius 1 is 1.12 bits per heavy atom. The van der Waals surface area contributed by atoms with Crippen LogP contribution in [-0.2, 0) is 29.7 Å². The predicted molar refractivity (Wildman–Crippen MR) is 119 cm³/mol. The summed E-state index contributed by atoms with van der Waals surface area (Å²) in [5.74, 6) is -1.51. The number of ketones is 1. The van der Waals surface area contributed by atoms with E-state index in [1.807, 2.05) is 0 Å². The Hall–Kier alpha value is -2.71. The van der Waals surface area contributed by atoms with Crippen molar-refractivity contribution in [3.05, 3.63) is 64.7 Å². The molecule has 1 amide bonds. The van der Waals surface area contributed by atoms with Crippen LogP contribution in [0.2, 0.25) is 5.02 Å². The Kier molecular flexibility index (Phi) is 7.05. The molecule has 0 N–H and O–H groups in total. The van der Waals surface area contributed by atoms with E-state index in [2.05, 4.69) is 0 Å². The molecule has 1 saturated carbocycles. The fourth-order valence-electron chi connectivity index (χ4n) is 4.00. The molecule has 0 bridgehead atoms. The van der Waals surface area contributed by atoms with Crippen LogP contribution in [0.1, 0.15) is 41.6 Å². The molecule has 0 aliphatic heterocycles. The van der Waals surface area contributed by atoms with Crippen LogP contribution in [0.3, 0.4) is 0 Å². The smallest absolute Gasteiger partial charge is 0.338 e. The summed E-state index contributed by atoms with van der Waals surface area (Å²) < 4.78 is 28.6. The average Bonchev–Trinajstić information content (AvgIpc) is 2.77. The first-order valence-electron chi connectivity index (χ1n) is 10.1. The third kappa shape index (κ3) is 4.71. The number of sulfone groups is 1. The van der Waals surface area contributed by atoms with Crippen molar-refractivity contribution < 1.29 is 27.5 Å². The molecule has 1 atom stereocenters. The number of carbonyl (C=O) groups is 3. The zero-order valence-corrected chi connectivity index (χ0v) is 19.4. The lowest BCUT2D eigenvalue weighted by molar-refractivity contribution is -0.150. The van der Waals surface area contributed by atoms with Gasteiger partial charge in [0.05, 0.1) is 10.5 Å². The van der Waals surface area contributed by atoms with Crippen LogP contribution in [0.4, 0.5) is 0 Å². The molecule has 7 nitrogen and oxygen atoms in total. The van der Waals surface area contributed by atoms with E-state index in [-0.39, 0.29) is 16.2 Å². The number of esters is 1. The minimum Gasteiger partial charge on any atom is -0.452 e. The normalized spacial score (nSPS) is 18.8. The van der Waals surface area contributed by atoms with E-state index in [0.717, 1.165) is 19.1 Å². The van der Waals surface area contributed by atoms with Crippen LogP contribution in [0.15, 0.2) is 53.4 Å². The second-order valence-corrected chi connectivity index (χ2v) is 10.2. The molecule has 2 aromatic rings. The van der Waals surface area contributed by atoms with Crippen LogP contribution < -0.4 is 0 Å². The second kappa shape index (κ2) is 9.42. The quantitative estimate of drug-likeness (QED) is 0.591. The number of likely N-dealkylation sites (N-methyl/N-ethyl adjacent to an activating group) is 1. The summed E-state index contributed by atoms with van der Waals surface area (Å²) in [6.07, 6.45) is 3.25. The second-order valence-electron chi connectivity index (χ2n) is 7.80. The van der Waals surface area contributed by atoms with Gasteiger partial charge in [0, 0.05) is 30.3 Å². The SMILES string of the molecule is CN(C(=O)COC(=O)c1cccc(S(C)(=O)=O)c1)C1(c2ccccc2Cl)CCCCC1=O. The predicted octanol–water partition coefficient (Wildman–Crippen LogP) is 3.40. The molecule has 9 heteroatoms. The molecule has 0 aromatic heterocycles. The van der Waals surface area contributed by atoms with E-state index in [1.165, 1.54) is 36.2 Å². The fraction of sp³-hybridized carbons (Fsp3) is 0.348. The van der Waals surface area contributed by atoms with E-state index in [4.69, 9.17) is 16.3 Å². The first-order chi connectivity index (χ1) is 15.1. The van der Waals surface area contributed by atoms with Crippen molar-refractivity contribution >= 4 is 39.1 Å². The molecule has 0 heterocycles. The molecular formula is C23H24ClNO6S. The molecule has 1 aliphatic rings. The van der Waals surface area contributed by atoms with Gasteiger partial charge in [0.25, 0.3) is 5.91 Å². The van der Waals surface area contributed by atoms with Crippen LogP contribution >= 0.6 is 11.6 Å². The molecule has 0 saturated heterocycles. The molecule has 170 valence electrons. The summed E-state index contributed by atoms with van der Waals surface area (Å²) in [4.78, 5) is 39.8. The largest absolute Gasteiger partial charge is 0.452 e. The van der Waals surface area contributed by atoms with Crippen molar-refractivity contribution in [1.29, 1.82) is 0 Å². The van der Waals surface area contributed by atoms with Gasteiger partial charge in [-0.3, -0.25) is 9.59 Å². The van der Waals surface area contributed by atoms with Crippen molar-refractivity contribution in [3.8, 4) is 0 Å². The van der Waals surface area contributed by atoms with E-state index < -0.39 is 33.9 Å². The third-order valence-electron chi connectivity index (χ3n) is 5.74. The molecule has 2 aromatic carbocycles. The van der Waals surface area contributed by atoms with Gasteiger partial charge in [-0.2, -0.15) is 0 Å². The summed E-state index contributed by atoms with van der Waals surface area (Å²) in [7, 11) is -1.99. The van der Waals surface area contributed by atoms with Crippen LogP contribution in [-0.4, -0.2) is 50.9 Å². The molecule has 1 unspecified atom stereocenters. The topological polar surface area (TPSA) is 97.8 Å². The molecule has 0 spiro atoms. The Morgan fingerprint density at radius 3 is 2.50 bits per heavy atom. The minimum atomic E-state index is -3.50. The van der Waals surface area contributed by atoms with Gasteiger partial charge in [-0.15, -0.1) is 0 Å². The van der Waals surface area contributed by atoms with Gasteiger partial charge in [0.1, 0.15) is 5.54 Å². The minimum absolute atomic E-state index is 0.0120. The summed E-state index contributed by atoms with van der Waals surface area (Å²) in [6.45, 7) is -0.599. The van der Waals surface area contributed by atoms with Crippen molar-refractivity contribution in [3.63, 3.8) is 0 Å². The van der Waals surface area contributed by atoms with E-state index >= 15 is 0 Å². The number of halogens is 1. The standard InChI is InChI=1S/C23H24ClNO6S/c1-25(23(13-6-5-12-20(23)26)18-10-3-4-11-19(18)24)21(27)15-31-22(28)16-8-7-9-17(14-16)32(2,29)30/h3-4,7-11,14H,5-6,12-13,15H2,1-2H3. The molecular weight excluding hydrogens is 454 g/mol. The van der Waals surface area contributed by atoms with Crippen LogP contribution in [0.5, 0.6) is 0 Å². The number of carbonyl (C=O) groups excluding carboxylic acids is 3. The van der Waals surface area contributed by atoms with Gasteiger partial charge in [-0.25, -0.2) is 13.2 Å². The zero-order valence-electron chi connectivity index (χ0n) is 17.8. The monoisotopic (exact) mass is 477 g/mol. The number of hydrogen-bond acceptors (Lipinski definition) is 6. The molecule has 32 heavy (non-hydrogen) atoms. The average molecular weight is 478 g/mol. The maximum atomic E-state index is 13.1. The number of ether oxygens (including phenoxy) is 1. The van der Waals surface area contributed by atoms with Crippen molar-refractivity contribution in [2.24, 2.45) is 0 Å². The lowest BCUT2D eigenvalue weighted by atomic mass is 9.74. The lowest BCUT2D eigenvalue weighted by Crippen LogP contribution is -2.55. The number of benzene rings is 2. The maximum Gasteiger partial charge on any atom is 0.338 e. The summed E-state index contributed by atoms with van der Waals surface area (Å²) >= 11 is 6.40. The highest BCUT2D eigenvalue weighted by atomic mass is 35.5. The van der Waals surface area contributed by atoms with E-state index in [1.54, 1.807) is 24.3 Å². The highest BCUT2D eigenvalue weighted by Gasteiger charge is 2.48. The molecule has 3 rings (SSSR count). The zero-order chi connectivity index (χ0) is 23.5. The van der Waals surface area contributed by atoms with Crippen LogP contribution in [0.25, 0.3) is 0 Å². The van der Waals surface area contributed by atoms with Gasteiger partial charge < -0.3 is 9.64 Å². The molecule has 0 radical (unpaired) electrons. The first kappa shape index (κ1) is 23.9. The fourth-order valence-corrected chi connectivity index (χ4v) is 4.96. The highest BCUT2D eigenvalue weighted by Crippen LogP contribution is 2.42. The third-order valence-corrected chi connectivity index (χ3v) is 7.18. The number of hydrogen-bond donors (Lipinski definition) is 0. The van der Waals surface area contributed by atoms with Crippen LogP contribution in [0, 0.1) is 0 Å². The van der Waals surface area contributed by atoms with Crippen molar-refractivity contribution in [1.82, 2.24) is 4.90 Å². The summed E-state index contributed by atoms with van der Waals surface area (Å²) in [6, 6.07) is 12.3. The van der Waals surface area contributed by atoms with E-state index in [9.17, 15) is 22.8 Å². The Bertz CT molecular complexity index is 1160. The Labute approximate surface area is 192 Å². The highest BCUT2D eigenvalue weighted by molar-refractivity contribution is 7.90. The maximum absolute atomic E-state index is 13.1. The Morgan fingerprint density at radius 2 is 1.84 bits per heavy atom. The lowest BCUT2D eigenvalue weighted by Gasteiger charge is -2.43. The number of nitrogens with zero attached hydrogens (tertiary/aromatic N) is 1. The van der Waals surface area contributed by atoms with E-state index in [0.29, 0.717) is 23.4 Å². The summed E-state index contributed by atoms with van der Waals surface area (Å²) in [5.41, 5.74) is -0.664. The number of amides is 1. The van der Waals surface area contributed by atoms with Gasteiger partial charge in [-0.05, 0) is 43.5 Å². The number of Topliss-reactive ketones (excluding diaryl/α,β-unsaturated/α-hetero) is 1. The van der Waals surface area contributed by atoms with Crippen molar-refractivity contribution in [2.45, 2.75) is 36.1 Å². The van der Waals surface area contributed by atoms with Gasteiger partial charge >= 0.3 is 5.97 Å². The Balaban J connectivity index is 1.81. The number of rotatable bonds is 6. The molecule has 1 fully saturated rings. The van der Waals surface area contributed by atoms with Gasteiger partial charge in [0.15, 0.2) is 22.2 Å². The van der Waals surface area contributed by atoms with Gasteiger partial charge in [-0.1, -0.05) is 35.9 Å².